The maximum absolute atomic E-state index is 8.00. The maximum atomic E-state index is 8.00. The summed E-state index contributed by atoms with van der Waals surface area (Å²) in [7, 11) is 0. The second-order valence-corrected chi connectivity index (χ2v) is 3.20. The van der Waals surface area contributed by atoms with Crippen molar-refractivity contribution < 1.29 is 4.79 Å². The summed E-state index contributed by atoms with van der Waals surface area (Å²) in [6.45, 7) is 4.19. The van der Waals surface area contributed by atoms with Gasteiger partial charge in [-0.2, -0.15) is 0 Å². The van der Waals surface area contributed by atoms with E-state index >= 15 is 0 Å². The van der Waals surface area contributed by atoms with E-state index in [4.69, 9.17) is 4.79 Å². The van der Waals surface area contributed by atoms with Gasteiger partial charge in [-0.15, -0.1) is 0 Å². The fourth-order valence-corrected chi connectivity index (χ4v) is 1.45. The van der Waals surface area contributed by atoms with Crippen LogP contribution in [-0.2, 0) is 11.2 Å². The van der Waals surface area contributed by atoms with E-state index in [9.17, 15) is 0 Å². The molecule has 0 bridgehead atoms. The summed E-state index contributed by atoms with van der Waals surface area (Å²) in [6, 6.07) is 8.37. The van der Waals surface area contributed by atoms with Gasteiger partial charge in [-0.05, 0) is 18.1 Å². The van der Waals surface area contributed by atoms with Gasteiger partial charge in [0.1, 0.15) is 6.79 Å². The highest BCUT2D eigenvalue weighted by Gasteiger charge is 1.94. The van der Waals surface area contributed by atoms with Gasteiger partial charge < -0.3 is 4.79 Å². The number of halogens is 1. The van der Waals surface area contributed by atoms with Gasteiger partial charge in [0, 0.05) is 4.47 Å². The number of carbonyl (C=O) groups is 1. The molecule has 0 heterocycles. The molecule has 2 heteroatoms. The van der Waals surface area contributed by atoms with Crippen molar-refractivity contribution in [1.29, 1.82) is 0 Å². The Labute approximate surface area is 81.9 Å². The first-order valence-electron chi connectivity index (χ1n) is 3.87. The van der Waals surface area contributed by atoms with Crippen molar-refractivity contribution in [3.63, 3.8) is 0 Å². The molecule has 0 radical (unpaired) electrons. The highest BCUT2D eigenvalue weighted by Crippen LogP contribution is 2.16. The number of benzene rings is 1. The lowest BCUT2D eigenvalue weighted by molar-refractivity contribution is -0.0979. The van der Waals surface area contributed by atoms with Gasteiger partial charge in [0.05, 0.1) is 0 Å². The summed E-state index contributed by atoms with van der Waals surface area (Å²) >= 11 is 3.50. The predicted octanol–water partition coefficient (Wildman–Crippen LogP) is 3.22. The third kappa shape index (κ3) is 3.67. The van der Waals surface area contributed by atoms with Crippen molar-refractivity contribution in [2.75, 3.05) is 0 Å². The molecule has 0 fully saturated rings. The van der Waals surface area contributed by atoms with Crippen LogP contribution in [0.4, 0.5) is 0 Å². The molecule has 0 aliphatic rings. The Morgan fingerprint density at radius 1 is 1.33 bits per heavy atom. The molecule has 0 aliphatic heterocycles. The van der Waals surface area contributed by atoms with E-state index in [1.807, 2.05) is 12.9 Å². The normalized spacial score (nSPS) is 8.50. The minimum Gasteiger partial charge on any atom is -0.307 e. The first kappa shape index (κ1) is 11.4. The average molecular weight is 229 g/mol. The molecule has 0 unspecified atom stereocenters. The van der Waals surface area contributed by atoms with Crippen molar-refractivity contribution in [1.82, 2.24) is 0 Å². The summed E-state index contributed by atoms with van der Waals surface area (Å²) in [5.74, 6) is 0. The largest absolute Gasteiger partial charge is 0.307 e. The average Bonchev–Trinajstić information content (AvgIpc) is 2.13. The monoisotopic (exact) mass is 228 g/mol. The first-order chi connectivity index (χ1) is 5.84. The van der Waals surface area contributed by atoms with Crippen LogP contribution < -0.4 is 0 Å². The van der Waals surface area contributed by atoms with Crippen molar-refractivity contribution in [2.24, 2.45) is 0 Å². The van der Waals surface area contributed by atoms with Gasteiger partial charge in [-0.1, -0.05) is 47.5 Å². The van der Waals surface area contributed by atoms with Crippen molar-refractivity contribution in [2.45, 2.75) is 19.8 Å². The molecule has 0 amide bonds. The third-order valence-corrected chi connectivity index (χ3v) is 2.25. The molecule has 0 atom stereocenters. The van der Waals surface area contributed by atoms with Crippen LogP contribution >= 0.6 is 15.9 Å². The number of rotatable bonds is 2. The molecule has 1 nitrogen and oxygen atoms in total. The van der Waals surface area contributed by atoms with Crippen molar-refractivity contribution >= 4 is 22.7 Å². The molecule has 1 rings (SSSR count). The molecule has 0 N–H and O–H groups in total. The molecule has 66 valence electrons. The van der Waals surface area contributed by atoms with Gasteiger partial charge in [0.25, 0.3) is 0 Å². The van der Waals surface area contributed by atoms with E-state index in [0.717, 1.165) is 0 Å². The van der Waals surface area contributed by atoms with E-state index in [0.29, 0.717) is 0 Å². The van der Waals surface area contributed by atoms with Crippen LogP contribution in [0.15, 0.2) is 28.7 Å². The Morgan fingerprint density at radius 2 is 1.92 bits per heavy atom. The molecule has 0 aromatic heterocycles. The molecular weight excluding hydrogens is 216 g/mol. The highest BCUT2D eigenvalue weighted by molar-refractivity contribution is 9.10. The fraction of sp³-hybridized carbons (Fsp3) is 0.300. The second kappa shape index (κ2) is 7.04. The molecule has 0 spiro atoms. The Kier molecular flexibility index (Phi) is 6.67. The van der Waals surface area contributed by atoms with E-state index in [1.165, 1.54) is 22.9 Å². The molecular formula is C10H13BrO. The fourth-order valence-electron chi connectivity index (χ4n) is 0.970. The topological polar surface area (TPSA) is 17.1 Å². The van der Waals surface area contributed by atoms with E-state index in [1.54, 1.807) is 0 Å². The molecule has 0 saturated carbocycles. The number of aryl methyl sites for hydroxylation is 1. The molecule has 0 saturated heterocycles. The van der Waals surface area contributed by atoms with Crippen LogP contribution in [0.2, 0.25) is 0 Å². The van der Waals surface area contributed by atoms with Crippen LogP contribution in [0, 0.1) is 0 Å². The van der Waals surface area contributed by atoms with Crippen LogP contribution in [0.25, 0.3) is 0 Å². The lowest BCUT2D eigenvalue weighted by Crippen LogP contribution is -1.82. The second-order valence-electron chi connectivity index (χ2n) is 2.34. The summed E-state index contributed by atoms with van der Waals surface area (Å²) in [5, 5.41) is 0. The Bertz CT molecular complexity index is 223. The van der Waals surface area contributed by atoms with Gasteiger partial charge in [0.15, 0.2) is 0 Å². The standard InChI is InChI=1S/C9H11Br.CH2O/c1-2-5-8-6-3-4-7-9(8)10;1-2/h3-4,6-7H,2,5H2,1H3;1H2. The van der Waals surface area contributed by atoms with Crippen molar-refractivity contribution in [3.8, 4) is 0 Å². The summed E-state index contributed by atoms with van der Waals surface area (Å²) < 4.78 is 1.23. The first-order valence-corrected chi connectivity index (χ1v) is 4.66. The van der Waals surface area contributed by atoms with Crippen LogP contribution in [-0.4, -0.2) is 6.79 Å². The van der Waals surface area contributed by atoms with Gasteiger partial charge in [-0.3, -0.25) is 0 Å². The third-order valence-electron chi connectivity index (χ3n) is 1.48. The number of hydrogen-bond donors (Lipinski definition) is 0. The molecule has 0 aliphatic carbocycles. The zero-order valence-electron chi connectivity index (χ0n) is 7.22. The molecule has 12 heavy (non-hydrogen) atoms. The lowest BCUT2D eigenvalue weighted by Gasteiger charge is -1.99. The number of carbonyl (C=O) groups excluding carboxylic acids is 1. The minimum atomic E-state index is 1.17. The summed E-state index contributed by atoms with van der Waals surface area (Å²) in [6.07, 6.45) is 2.38. The molecule has 1 aromatic carbocycles. The summed E-state index contributed by atoms with van der Waals surface area (Å²) in [5.41, 5.74) is 1.41. The van der Waals surface area contributed by atoms with Gasteiger partial charge >= 0.3 is 0 Å². The quantitative estimate of drug-likeness (QED) is 0.760. The zero-order chi connectivity index (χ0) is 9.40. The number of hydrogen-bond acceptors (Lipinski definition) is 1. The van der Waals surface area contributed by atoms with Crippen LogP contribution in [0.5, 0.6) is 0 Å². The highest BCUT2D eigenvalue weighted by atomic mass is 79.9. The van der Waals surface area contributed by atoms with E-state index < -0.39 is 0 Å². The van der Waals surface area contributed by atoms with E-state index in [2.05, 4.69) is 41.1 Å². The smallest absolute Gasteiger partial charge is 0.106 e. The Balaban J connectivity index is 0.000000561. The Hall–Kier alpha value is -0.630. The van der Waals surface area contributed by atoms with Gasteiger partial charge in [-0.25, -0.2) is 0 Å². The maximum Gasteiger partial charge on any atom is 0.106 e. The van der Waals surface area contributed by atoms with E-state index in [-0.39, 0.29) is 0 Å². The zero-order valence-corrected chi connectivity index (χ0v) is 8.80. The Morgan fingerprint density at radius 3 is 2.42 bits per heavy atom. The lowest BCUT2D eigenvalue weighted by atomic mass is 10.1. The predicted molar refractivity (Wildman–Crippen MR) is 55.3 cm³/mol. The van der Waals surface area contributed by atoms with Crippen LogP contribution in [0.1, 0.15) is 18.9 Å². The van der Waals surface area contributed by atoms with Gasteiger partial charge in [0.2, 0.25) is 0 Å². The van der Waals surface area contributed by atoms with Crippen LogP contribution in [0.3, 0.4) is 0 Å². The van der Waals surface area contributed by atoms with Crippen molar-refractivity contribution in [3.05, 3.63) is 34.3 Å². The SMILES string of the molecule is C=O.CCCc1ccccc1Br. The molecule has 1 aromatic rings. The summed E-state index contributed by atoms with van der Waals surface area (Å²) in [4.78, 5) is 8.00. The minimum absolute atomic E-state index is 1.17.